The fourth-order valence-electron chi connectivity index (χ4n) is 2.65. The minimum Gasteiger partial charge on any atom is -0.377 e. The van der Waals surface area contributed by atoms with E-state index in [1.54, 1.807) is 24.3 Å². The zero-order chi connectivity index (χ0) is 17.2. The minimum absolute atomic E-state index is 0.360. The molecule has 0 atom stereocenters. The van der Waals surface area contributed by atoms with E-state index in [-0.39, 0.29) is 0 Å². The maximum Gasteiger partial charge on any atom is 0.132 e. The zero-order valence-corrected chi connectivity index (χ0v) is 15.0. The van der Waals surface area contributed by atoms with E-state index in [0.29, 0.717) is 41.3 Å². The van der Waals surface area contributed by atoms with E-state index in [0.717, 1.165) is 11.3 Å². The van der Waals surface area contributed by atoms with Crippen molar-refractivity contribution in [1.82, 2.24) is 4.98 Å². The molecule has 0 aliphatic carbocycles. The van der Waals surface area contributed by atoms with Gasteiger partial charge < -0.3 is 10.0 Å². The third-order valence-electron chi connectivity index (χ3n) is 3.97. The molecule has 0 amide bonds. The second kappa shape index (κ2) is 7.21. The molecule has 0 bridgehead atoms. The molecule has 1 N–H and O–H groups in total. The molecule has 1 aromatic carbocycles. The summed E-state index contributed by atoms with van der Waals surface area (Å²) in [5.41, 5.74) is 0.704. The molecule has 0 spiro atoms. The number of pyridine rings is 1. The minimum atomic E-state index is -1.00. The molecule has 124 valence electrons. The number of anilines is 1. The Balaban J connectivity index is 1.70. The first-order valence-corrected chi connectivity index (χ1v) is 8.66. The average molecular weight is 382 g/mol. The van der Waals surface area contributed by atoms with Crippen molar-refractivity contribution in [3.63, 3.8) is 0 Å². The number of benzene rings is 1. The van der Waals surface area contributed by atoms with Gasteiger partial charge >= 0.3 is 0 Å². The third kappa shape index (κ3) is 4.34. The summed E-state index contributed by atoms with van der Waals surface area (Å²) in [6, 6.07) is 10.8. The predicted octanol–water partition coefficient (Wildman–Crippen LogP) is 4.42. The van der Waals surface area contributed by atoms with Gasteiger partial charge in [0.05, 0.1) is 0 Å². The van der Waals surface area contributed by atoms with Crippen LogP contribution in [0.25, 0.3) is 0 Å². The van der Waals surface area contributed by atoms with Gasteiger partial charge in [-0.2, -0.15) is 0 Å². The Morgan fingerprint density at radius 2 is 1.71 bits per heavy atom. The number of rotatable bonds is 1. The van der Waals surface area contributed by atoms with Crippen LogP contribution in [0, 0.1) is 11.8 Å². The van der Waals surface area contributed by atoms with Crippen molar-refractivity contribution in [1.29, 1.82) is 0 Å². The first-order valence-electron chi connectivity index (χ1n) is 7.53. The van der Waals surface area contributed by atoms with Crippen molar-refractivity contribution < 1.29 is 5.11 Å². The Kier molecular flexibility index (Phi) is 5.22. The van der Waals surface area contributed by atoms with E-state index in [1.807, 2.05) is 12.1 Å². The monoisotopic (exact) mass is 380 g/mol. The van der Waals surface area contributed by atoms with Crippen molar-refractivity contribution in [2.75, 3.05) is 18.0 Å². The van der Waals surface area contributed by atoms with Crippen LogP contribution in [-0.2, 0) is 0 Å². The molecule has 6 heteroatoms. The predicted molar refractivity (Wildman–Crippen MR) is 99.0 cm³/mol. The van der Waals surface area contributed by atoms with E-state index in [4.69, 9.17) is 34.8 Å². The number of hydrogen-bond donors (Lipinski definition) is 1. The van der Waals surface area contributed by atoms with Crippen LogP contribution in [0.4, 0.5) is 5.69 Å². The standard InChI is InChI=1S/C18H15Cl3N2O/c19-14-3-1-2-13(10-14)4-5-18(24)6-8-23(9-7-18)15-11-16(20)22-17(21)12-15/h1-3,10-12,24H,6-9H2. The second-order valence-corrected chi connectivity index (χ2v) is 6.96. The van der Waals surface area contributed by atoms with Crippen LogP contribution in [0.5, 0.6) is 0 Å². The van der Waals surface area contributed by atoms with Gasteiger partial charge in [-0.25, -0.2) is 4.98 Å². The Bertz CT molecular complexity index is 785. The van der Waals surface area contributed by atoms with Gasteiger partial charge in [0, 0.05) is 42.2 Å². The van der Waals surface area contributed by atoms with E-state index < -0.39 is 5.60 Å². The van der Waals surface area contributed by atoms with E-state index >= 15 is 0 Å². The fraction of sp³-hybridized carbons (Fsp3) is 0.278. The topological polar surface area (TPSA) is 36.4 Å². The highest BCUT2D eigenvalue weighted by atomic mass is 35.5. The van der Waals surface area contributed by atoms with Crippen molar-refractivity contribution in [3.05, 3.63) is 57.3 Å². The van der Waals surface area contributed by atoms with Gasteiger partial charge in [0.1, 0.15) is 15.9 Å². The summed E-state index contributed by atoms with van der Waals surface area (Å²) >= 11 is 17.9. The van der Waals surface area contributed by atoms with Crippen molar-refractivity contribution in [2.24, 2.45) is 0 Å². The highest BCUT2D eigenvalue weighted by molar-refractivity contribution is 6.32. The molecule has 2 aromatic rings. The molecule has 24 heavy (non-hydrogen) atoms. The van der Waals surface area contributed by atoms with Crippen molar-refractivity contribution >= 4 is 40.5 Å². The Labute approximate surface area is 156 Å². The van der Waals surface area contributed by atoms with E-state index in [1.165, 1.54) is 0 Å². The van der Waals surface area contributed by atoms with Crippen LogP contribution in [0.15, 0.2) is 36.4 Å². The number of halogens is 3. The summed E-state index contributed by atoms with van der Waals surface area (Å²) in [7, 11) is 0. The Hall–Kier alpha value is -1.44. The van der Waals surface area contributed by atoms with E-state index in [9.17, 15) is 5.11 Å². The molecule has 3 rings (SSSR count). The smallest absolute Gasteiger partial charge is 0.132 e. The first-order chi connectivity index (χ1) is 11.4. The number of aliphatic hydroxyl groups is 1. The highest BCUT2D eigenvalue weighted by Crippen LogP contribution is 2.28. The Morgan fingerprint density at radius 3 is 2.33 bits per heavy atom. The summed E-state index contributed by atoms with van der Waals surface area (Å²) < 4.78 is 0. The summed E-state index contributed by atoms with van der Waals surface area (Å²) in [5.74, 6) is 6.01. The van der Waals surface area contributed by atoms with Gasteiger partial charge in [0.25, 0.3) is 0 Å². The summed E-state index contributed by atoms with van der Waals surface area (Å²) in [6.45, 7) is 1.33. The lowest BCUT2D eigenvalue weighted by atomic mass is 9.91. The molecule has 0 saturated carbocycles. The van der Waals surface area contributed by atoms with Crippen LogP contribution in [0.3, 0.4) is 0 Å². The summed E-state index contributed by atoms with van der Waals surface area (Å²) in [4.78, 5) is 6.07. The maximum absolute atomic E-state index is 10.7. The molecule has 3 nitrogen and oxygen atoms in total. The van der Waals surface area contributed by atoms with Gasteiger partial charge in [-0.1, -0.05) is 52.7 Å². The molecule has 1 fully saturated rings. The van der Waals surface area contributed by atoms with Gasteiger partial charge in [-0.3, -0.25) is 0 Å². The summed E-state index contributed by atoms with van der Waals surface area (Å²) in [6.07, 6.45) is 1.08. The molecule has 1 aliphatic heterocycles. The van der Waals surface area contributed by atoms with Gasteiger partial charge in [0.15, 0.2) is 0 Å². The molecule has 1 aliphatic rings. The summed E-state index contributed by atoms with van der Waals surface area (Å²) in [5, 5.41) is 12.0. The zero-order valence-electron chi connectivity index (χ0n) is 12.8. The normalized spacial score (nSPS) is 16.4. The average Bonchev–Trinajstić information content (AvgIpc) is 2.53. The van der Waals surface area contributed by atoms with Crippen molar-refractivity contribution in [2.45, 2.75) is 18.4 Å². The van der Waals surface area contributed by atoms with Crippen LogP contribution in [0.2, 0.25) is 15.3 Å². The molecule has 1 aromatic heterocycles. The van der Waals surface area contributed by atoms with Gasteiger partial charge in [-0.15, -0.1) is 0 Å². The number of piperidine rings is 1. The highest BCUT2D eigenvalue weighted by Gasteiger charge is 2.30. The molecule has 0 radical (unpaired) electrons. The number of aromatic nitrogens is 1. The number of hydrogen-bond acceptors (Lipinski definition) is 3. The first kappa shape index (κ1) is 17.4. The second-order valence-electron chi connectivity index (χ2n) is 5.75. The van der Waals surface area contributed by atoms with Crippen LogP contribution in [0.1, 0.15) is 18.4 Å². The molecular formula is C18H15Cl3N2O. The molecule has 0 unspecified atom stereocenters. The van der Waals surface area contributed by atoms with Gasteiger partial charge in [-0.05, 0) is 30.3 Å². The number of nitrogens with zero attached hydrogens (tertiary/aromatic N) is 2. The van der Waals surface area contributed by atoms with Crippen LogP contribution < -0.4 is 4.90 Å². The van der Waals surface area contributed by atoms with Crippen molar-refractivity contribution in [3.8, 4) is 11.8 Å². The molecular weight excluding hydrogens is 367 g/mol. The quantitative estimate of drug-likeness (QED) is 0.586. The lowest BCUT2D eigenvalue weighted by Crippen LogP contribution is -2.43. The fourth-order valence-corrected chi connectivity index (χ4v) is 3.29. The van der Waals surface area contributed by atoms with Crippen LogP contribution >= 0.6 is 34.8 Å². The maximum atomic E-state index is 10.7. The molecule has 2 heterocycles. The van der Waals surface area contributed by atoms with E-state index in [2.05, 4.69) is 21.7 Å². The molecule has 1 saturated heterocycles. The SMILES string of the molecule is OC1(C#Cc2cccc(Cl)c2)CCN(c2cc(Cl)nc(Cl)c2)CC1. The van der Waals surface area contributed by atoms with Crippen LogP contribution in [-0.4, -0.2) is 28.8 Å². The van der Waals surface area contributed by atoms with Gasteiger partial charge in [0.2, 0.25) is 0 Å². The third-order valence-corrected chi connectivity index (χ3v) is 4.59. The lowest BCUT2D eigenvalue weighted by molar-refractivity contribution is 0.0746. The largest absolute Gasteiger partial charge is 0.377 e. The Morgan fingerprint density at radius 1 is 1.04 bits per heavy atom. The lowest BCUT2D eigenvalue weighted by Gasteiger charge is -2.36.